The van der Waals surface area contributed by atoms with Gasteiger partial charge < -0.3 is 15.4 Å². The second-order valence-electron chi connectivity index (χ2n) is 4.47. The predicted molar refractivity (Wildman–Crippen MR) is 70.9 cm³/mol. The number of benzene rings is 1. The van der Waals surface area contributed by atoms with E-state index in [1.807, 2.05) is 12.1 Å². The van der Waals surface area contributed by atoms with Crippen LogP contribution in [0.3, 0.4) is 0 Å². The van der Waals surface area contributed by atoms with Crippen molar-refractivity contribution in [2.24, 2.45) is 0 Å². The van der Waals surface area contributed by atoms with Crippen LogP contribution in [-0.4, -0.2) is 31.7 Å². The Morgan fingerprint density at radius 3 is 2.84 bits per heavy atom. The molecule has 102 valence electrons. The maximum absolute atomic E-state index is 11.5. The van der Waals surface area contributed by atoms with Crippen molar-refractivity contribution >= 4 is 12.0 Å². The lowest BCUT2D eigenvalue weighted by Gasteiger charge is -2.30. The average Bonchev–Trinajstić information content (AvgIpc) is 2.38. The van der Waals surface area contributed by atoms with Gasteiger partial charge in [-0.15, -0.1) is 0 Å². The molecule has 1 aliphatic carbocycles. The molecule has 0 radical (unpaired) electrons. The molecule has 1 aromatic carbocycles. The van der Waals surface area contributed by atoms with Crippen molar-refractivity contribution in [3.8, 4) is 0 Å². The summed E-state index contributed by atoms with van der Waals surface area (Å²) >= 11 is 0. The largest absolute Gasteiger partial charge is 0.465 e. The van der Waals surface area contributed by atoms with E-state index >= 15 is 0 Å². The molecular weight excluding hydrogens is 244 g/mol. The minimum Gasteiger partial charge on any atom is -0.465 e. The smallest absolute Gasteiger partial charge is 0.325 e. The maximum Gasteiger partial charge on any atom is 0.325 e. The first-order valence-electron chi connectivity index (χ1n) is 6.45. The summed E-state index contributed by atoms with van der Waals surface area (Å²) in [6, 6.07) is 7.88. The number of carbonyl (C=O) groups is 2. The number of amides is 2. The standard InChI is InChI=1S/C14H18N2O3/c1-2-19-13(17)9-16-14(18)15-8-11-7-10-5-3-4-6-12(10)11/h3-6,11H,2,7-9H2,1H3,(H2,15,16,18). The molecule has 1 atom stereocenters. The fraction of sp³-hybridized carbons (Fsp3) is 0.429. The Hall–Kier alpha value is -2.04. The van der Waals surface area contributed by atoms with Gasteiger partial charge in [0.1, 0.15) is 6.54 Å². The molecule has 2 amide bonds. The van der Waals surface area contributed by atoms with E-state index in [1.54, 1.807) is 6.92 Å². The first-order valence-corrected chi connectivity index (χ1v) is 6.45. The second-order valence-corrected chi connectivity index (χ2v) is 4.47. The maximum atomic E-state index is 11.5. The van der Waals surface area contributed by atoms with Crippen molar-refractivity contribution in [1.29, 1.82) is 0 Å². The monoisotopic (exact) mass is 262 g/mol. The molecule has 1 aliphatic rings. The number of carbonyl (C=O) groups excluding carboxylic acids is 2. The summed E-state index contributed by atoms with van der Waals surface area (Å²) < 4.78 is 4.72. The van der Waals surface area contributed by atoms with Gasteiger partial charge in [0.15, 0.2) is 0 Å². The van der Waals surface area contributed by atoms with E-state index < -0.39 is 5.97 Å². The van der Waals surface area contributed by atoms with E-state index in [0.717, 1.165) is 6.42 Å². The summed E-state index contributed by atoms with van der Waals surface area (Å²) in [5, 5.41) is 5.24. The fourth-order valence-electron chi connectivity index (χ4n) is 2.19. The van der Waals surface area contributed by atoms with Crippen LogP contribution in [0.1, 0.15) is 24.0 Å². The van der Waals surface area contributed by atoms with E-state index in [4.69, 9.17) is 4.74 Å². The molecule has 2 N–H and O–H groups in total. The number of urea groups is 1. The third-order valence-corrected chi connectivity index (χ3v) is 3.17. The molecular formula is C14H18N2O3. The number of fused-ring (bicyclic) bond motifs is 1. The summed E-state index contributed by atoms with van der Waals surface area (Å²) in [6.07, 6.45) is 0.994. The number of ether oxygens (including phenoxy) is 1. The van der Waals surface area contributed by atoms with Gasteiger partial charge in [0.05, 0.1) is 6.61 Å². The van der Waals surface area contributed by atoms with E-state index in [-0.39, 0.29) is 12.6 Å². The molecule has 0 aromatic heterocycles. The highest BCUT2D eigenvalue weighted by Crippen LogP contribution is 2.33. The Kier molecular flexibility index (Phi) is 4.39. The summed E-state index contributed by atoms with van der Waals surface area (Å²) in [5.41, 5.74) is 2.65. The van der Waals surface area contributed by atoms with Crippen LogP contribution in [0.2, 0.25) is 0 Å². The summed E-state index contributed by atoms with van der Waals surface area (Å²) in [6.45, 7) is 2.54. The minimum absolute atomic E-state index is 0.0963. The van der Waals surface area contributed by atoms with Gasteiger partial charge in [-0.05, 0) is 24.5 Å². The lowest BCUT2D eigenvalue weighted by molar-refractivity contribution is -0.141. The molecule has 0 saturated carbocycles. The molecule has 0 heterocycles. The van der Waals surface area contributed by atoms with Crippen LogP contribution in [-0.2, 0) is 16.0 Å². The molecule has 19 heavy (non-hydrogen) atoms. The molecule has 2 rings (SSSR count). The highest BCUT2D eigenvalue weighted by molar-refractivity contribution is 5.80. The van der Waals surface area contributed by atoms with Crippen molar-refractivity contribution in [3.63, 3.8) is 0 Å². The number of hydrogen-bond acceptors (Lipinski definition) is 3. The zero-order chi connectivity index (χ0) is 13.7. The SMILES string of the molecule is CCOC(=O)CNC(=O)NCC1Cc2ccccc21. The molecule has 1 aromatic rings. The Bertz CT molecular complexity index is 474. The first-order chi connectivity index (χ1) is 9.20. The van der Waals surface area contributed by atoms with Crippen molar-refractivity contribution in [2.75, 3.05) is 19.7 Å². The Labute approximate surface area is 112 Å². The van der Waals surface area contributed by atoms with Gasteiger partial charge in [-0.3, -0.25) is 4.79 Å². The van der Waals surface area contributed by atoms with Gasteiger partial charge in [0.2, 0.25) is 0 Å². The molecule has 0 bridgehead atoms. The van der Waals surface area contributed by atoms with Gasteiger partial charge in [-0.2, -0.15) is 0 Å². The van der Waals surface area contributed by atoms with Crippen LogP contribution >= 0.6 is 0 Å². The van der Waals surface area contributed by atoms with Gasteiger partial charge in [-0.1, -0.05) is 24.3 Å². The molecule has 0 spiro atoms. The quantitative estimate of drug-likeness (QED) is 0.783. The number of esters is 1. The van der Waals surface area contributed by atoms with Crippen LogP contribution in [0.4, 0.5) is 4.79 Å². The average molecular weight is 262 g/mol. The molecule has 5 nitrogen and oxygen atoms in total. The molecule has 0 saturated heterocycles. The van der Waals surface area contributed by atoms with Gasteiger partial charge in [0, 0.05) is 12.5 Å². The van der Waals surface area contributed by atoms with E-state index in [9.17, 15) is 9.59 Å². The van der Waals surface area contributed by atoms with E-state index in [2.05, 4.69) is 22.8 Å². The topological polar surface area (TPSA) is 67.4 Å². The second kappa shape index (κ2) is 6.22. The lowest BCUT2D eigenvalue weighted by atomic mass is 9.78. The Balaban J connectivity index is 1.67. The number of hydrogen-bond donors (Lipinski definition) is 2. The fourth-order valence-corrected chi connectivity index (χ4v) is 2.19. The summed E-state index contributed by atoms with van der Waals surface area (Å²) in [4.78, 5) is 22.5. The van der Waals surface area contributed by atoms with Crippen LogP contribution < -0.4 is 10.6 Å². The normalized spacial score (nSPS) is 15.9. The van der Waals surface area contributed by atoms with Crippen molar-refractivity contribution in [2.45, 2.75) is 19.3 Å². The van der Waals surface area contributed by atoms with E-state index in [0.29, 0.717) is 19.1 Å². The Morgan fingerprint density at radius 2 is 2.11 bits per heavy atom. The Morgan fingerprint density at radius 1 is 1.32 bits per heavy atom. The van der Waals surface area contributed by atoms with Gasteiger partial charge in [-0.25, -0.2) is 4.79 Å². The van der Waals surface area contributed by atoms with Gasteiger partial charge >= 0.3 is 12.0 Å². The highest BCUT2D eigenvalue weighted by Gasteiger charge is 2.25. The zero-order valence-corrected chi connectivity index (χ0v) is 10.9. The van der Waals surface area contributed by atoms with Crippen LogP contribution in [0, 0.1) is 0 Å². The van der Waals surface area contributed by atoms with Crippen molar-refractivity contribution in [3.05, 3.63) is 35.4 Å². The molecule has 0 fully saturated rings. The zero-order valence-electron chi connectivity index (χ0n) is 10.9. The molecule has 0 aliphatic heterocycles. The van der Waals surface area contributed by atoms with Crippen LogP contribution in [0.5, 0.6) is 0 Å². The highest BCUT2D eigenvalue weighted by atomic mass is 16.5. The molecule has 5 heteroatoms. The third-order valence-electron chi connectivity index (χ3n) is 3.17. The van der Waals surface area contributed by atoms with Crippen LogP contribution in [0.15, 0.2) is 24.3 Å². The molecule has 1 unspecified atom stereocenters. The minimum atomic E-state index is -0.424. The summed E-state index contributed by atoms with van der Waals surface area (Å²) in [5.74, 6) is -0.0452. The first kappa shape index (κ1) is 13.4. The third kappa shape index (κ3) is 3.47. The van der Waals surface area contributed by atoms with E-state index in [1.165, 1.54) is 11.1 Å². The predicted octanol–water partition coefficient (Wildman–Crippen LogP) is 1.19. The van der Waals surface area contributed by atoms with Crippen LogP contribution in [0.25, 0.3) is 0 Å². The van der Waals surface area contributed by atoms with Gasteiger partial charge in [0.25, 0.3) is 0 Å². The number of nitrogens with one attached hydrogen (secondary N) is 2. The van der Waals surface area contributed by atoms with Crippen molar-refractivity contribution in [1.82, 2.24) is 10.6 Å². The number of rotatable bonds is 5. The van der Waals surface area contributed by atoms with Crippen molar-refractivity contribution < 1.29 is 14.3 Å². The summed E-state index contributed by atoms with van der Waals surface area (Å²) in [7, 11) is 0. The lowest BCUT2D eigenvalue weighted by Crippen LogP contribution is -2.42.